The van der Waals surface area contributed by atoms with Crippen LogP contribution in [-0.4, -0.2) is 54.0 Å². The highest BCUT2D eigenvalue weighted by Gasteiger charge is 2.23. The smallest absolute Gasteiger partial charge is 0.291 e. The number of likely N-dealkylation sites (N-methyl/N-ethyl adjacent to an activating group) is 1. The minimum Gasteiger partial charge on any atom is -0.492 e. The number of ether oxygens (including phenoxy) is 1. The van der Waals surface area contributed by atoms with Crippen molar-refractivity contribution in [1.82, 2.24) is 9.88 Å². The van der Waals surface area contributed by atoms with Gasteiger partial charge in [-0.2, -0.15) is 0 Å². The molecule has 0 radical (unpaired) electrons. The first-order chi connectivity index (χ1) is 18.0. The molecule has 2 aromatic heterocycles. The minimum atomic E-state index is -0.348. The first kappa shape index (κ1) is 24.3. The number of oxime groups is 1. The molecule has 1 aliphatic carbocycles. The normalized spacial score (nSPS) is 13.6. The fourth-order valence-electron chi connectivity index (χ4n) is 4.35. The van der Waals surface area contributed by atoms with Crippen molar-refractivity contribution in [2.24, 2.45) is 5.16 Å². The average Bonchev–Trinajstić information content (AvgIpc) is 3.54. The van der Waals surface area contributed by atoms with Gasteiger partial charge < -0.3 is 24.6 Å². The van der Waals surface area contributed by atoms with Crippen molar-refractivity contribution < 1.29 is 19.2 Å². The van der Waals surface area contributed by atoms with Crippen molar-refractivity contribution in [1.29, 1.82) is 0 Å². The number of carbonyl (C=O) groups is 1. The van der Waals surface area contributed by atoms with E-state index in [1.807, 2.05) is 50.5 Å². The summed E-state index contributed by atoms with van der Waals surface area (Å²) >= 11 is 0. The van der Waals surface area contributed by atoms with E-state index >= 15 is 0 Å². The summed E-state index contributed by atoms with van der Waals surface area (Å²) in [6.45, 7) is 1.40. The Morgan fingerprint density at radius 2 is 1.81 bits per heavy atom. The number of aromatic nitrogens is 1. The third-order valence-corrected chi connectivity index (χ3v) is 6.30. The lowest BCUT2D eigenvalue weighted by molar-refractivity contribution is 0.0997. The fourth-order valence-corrected chi connectivity index (χ4v) is 4.35. The van der Waals surface area contributed by atoms with E-state index in [2.05, 4.69) is 26.4 Å². The van der Waals surface area contributed by atoms with Crippen LogP contribution < -0.4 is 10.1 Å². The number of carbonyl (C=O) groups excluding carboxylic acids is 1. The average molecular weight is 497 g/mol. The molecule has 8 nitrogen and oxygen atoms in total. The van der Waals surface area contributed by atoms with Gasteiger partial charge in [-0.3, -0.25) is 9.78 Å². The lowest BCUT2D eigenvalue weighted by Gasteiger charge is -2.11. The molecule has 37 heavy (non-hydrogen) atoms. The van der Waals surface area contributed by atoms with Crippen molar-refractivity contribution in [3.05, 3.63) is 89.9 Å². The summed E-state index contributed by atoms with van der Waals surface area (Å²) in [6.07, 6.45) is 4.88. The zero-order chi connectivity index (χ0) is 25.8. The Morgan fingerprint density at radius 1 is 1.03 bits per heavy atom. The second-order valence-corrected chi connectivity index (χ2v) is 9.14. The van der Waals surface area contributed by atoms with Crippen LogP contribution in [0.3, 0.4) is 0 Å². The topological polar surface area (TPSA) is 100 Å². The Labute approximate surface area is 215 Å². The predicted octanol–water partition coefficient (Wildman–Crippen LogP) is 5.33. The van der Waals surface area contributed by atoms with Gasteiger partial charge in [0.2, 0.25) is 0 Å². The lowest BCUT2D eigenvalue weighted by atomic mass is 9.98. The van der Waals surface area contributed by atoms with Gasteiger partial charge in [0.25, 0.3) is 5.91 Å². The number of hydrogen-bond acceptors (Lipinski definition) is 7. The second-order valence-electron chi connectivity index (χ2n) is 9.14. The molecule has 188 valence electrons. The number of nitrogens with one attached hydrogen (secondary N) is 1. The molecule has 0 aliphatic heterocycles. The van der Waals surface area contributed by atoms with Crippen molar-refractivity contribution in [2.75, 3.05) is 32.6 Å². The van der Waals surface area contributed by atoms with E-state index in [1.54, 1.807) is 30.6 Å². The largest absolute Gasteiger partial charge is 0.492 e. The summed E-state index contributed by atoms with van der Waals surface area (Å²) in [5.41, 5.74) is 5.93. The summed E-state index contributed by atoms with van der Waals surface area (Å²) < 4.78 is 11.8. The zero-order valence-electron chi connectivity index (χ0n) is 20.8. The molecule has 0 atom stereocenters. The highest BCUT2D eigenvalue weighted by atomic mass is 16.5. The van der Waals surface area contributed by atoms with Gasteiger partial charge in [0, 0.05) is 41.3 Å². The van der Waals surface area contributed by atoms with Crippen LogP contribution in [0.2, 0.25) is 0 Å². The van der Waals surface area contributed by atoms with Crippen LogP contribution in [-0.2, 0) is 6.42 Å². The van der Waals surface area contributed by atoms with Crippen molar-refractivity contribution >= 4 is 17.3 Å². The number of hydrogen-bond donors (Lipinski definition) is 2. The Bertz CT molecular complexity index is 1430. The van der Waals surface area contributed by atoms with Gasteiger partial charge in [0.15, 0.2) is 5.76 Å². The van der Waals surface area contributed by atoms with Gasteiger partial charge in [-0.1, -0.05) is 23.4 Å². The van der Waals surface area contributed by atoms with Crippen LogP contribution in [0.15, 0.2) is 82.6 Å². The molecule has 0 fully saturated rings. The molecule has 4 aromatic rings. The van der Waals surface area contributed by atoms with Gasteiger partial charge >= 0.3 is 0 Å². The maximum absolute atomic E-state index is 13.1. The number of aryl methyl sites for hydroxylation is 1. The van der Waals surface area contributed by atoms with Crippen molar-refractivity contribution in [3.8, 4) is 28.2 Å². The lowest BCUT2D eigenvalue weighted by Crippen LogP contribution is -2.19. The maximum Gasteiger partial charge on any atom is 0.291 e. The molecule has 8 heteroatoms. The van der Waals surface area contributed by atoms with E-state index in [4.69, 9.17) is 9.15 Å². The Hall–Kier alpha value is -4.43. The molecule has 0 spiro atoms. The molecule has 2 aromatic carbocycles. The van der Waals surface area contributed by atoms with E-state index in [9.17, 15) is 10.0 Å². The number of anilines is 1. The quantitative estimate of drug-likeness (QED) is 0.253. The number of rotatable bonds is 8. The number of fused-ring (bicyclic) bond motifs is 1. The van der Waals surface area contributed by atoms with E-state index in [1.165, 1.54) is 0 Å². The van der Waals surface area contributed by atoms with Gasteiger partial charge in [-0.05, 0) is 80.5 Å². The predicted molar refractivity (Wildman–Crippen MR) is 142 cm³/mol. The number of furan rings is 1. The zero-order valence-corrected chi connectivity index (χ0v) is 20.8. The third-order valence-electron chi connectivity index (χ3n) is 6.30. The molecule has 1 amide bonds. The highest BCUT2D eigenvalue weighted by Crippen LogP contribution is 2.37. The van der Waals surface area contributed by atoms with Gasteiger partial charge in [0.05, 0.1) is 5.71 Å². The van der Waals surface area contributed by atoms with Crippen LogP contribution in [0.1, 0.15) is 28.1 Å². The Morgan fingerprint density at radius 3 is 2.54 bits per heavy atom. The number of amides is 1. The molecular formula is C29H28N4O4. The number of benzene rings is 2. The fraction of sp³-hybridized carbons (Fsp3) is 0.207. The molecule has 0 saturated heterocycles. The van der Waals surface area contributed by atoms with Crippen molar-refractivity contribution in [2.45, 2.75) is 12.8 Å². The van der Waals surface area contributed by atoms with E-state index in [0.717, 1.165) is 46.5 Å². The number of nitrogens with zero attached hydrogens (tertiary/aromatic N) is 3. The first-order valence-corrected chi connectivity index (χ1v) is 12.1. The molecule has 1 aliphatic rings. The summed E-state index contributed by atoms with van der Waals surface area (Å²) in [7, 11) is 3.99. The summed E-state index contributed by atoms with van der Waals surface area (Å²) in [5, 5.41) is 15.6. The van der Waals surface area contributed by atoms with E-state index in [0.29, 0.717) is 30.2 Å². The van der Waals surface area contributed by atoms with Crippen LogP contribution in [0.4, 0.5) is 5.69 Å². The van der Waals surface area contributed by atoms with E-state index in [-0.39, 0.29) is 11.7 Å². The van der Waals surface area contributed by atoms with Crippen LogP contribution in [0.25, 0.3) is 22.5 Å². The SMILES string of the molecule is CN(C)CCOc1ccc(NC(=O)c2cc(-c3ccc4c(c3)CCC4=NO)c(-c3ccncc3)o2)cc1. The standard InChI is InChI=1S/C29H28N4O4/c1-33(2)15-16-36-23-7-5-22(6-8-23)31-29(34)27-18-25(28(37-27)19-11-13-30-14-12-19)21-3-9-24-20(17-21)4-10-26(24)32-35/h3,5-9,11-14,17-18,35H,4,10,15-16H2,1-2H3,(H,31,34). The van der Waals surface area contributed by atoms with Gasteiger partial charge in [-0.25, -0.2) is 0 Å². The monoisotopic (exact) mass is 496 g/mol. The second kappa shape index (κ2) is 10.7. The van der Waals surface area contributed by atoms with Crippen molar-refractivity contribution in [3.63, 3.8) is 0 Å². The molecule has 0 saturated carbocycles. The van der Waals surface area contributed by atoms with Crippen LogP contribution in [0, 0.1) is 0 Å². The molecule has 5 rings (SSSR count). The van der Waals surface area contributed by atoms with Crippen LogP contribution in [0.5, 0.6) is 5.75 Å². The summed E-state index contributed by atoms with van der Waals surface area (Å²) in [4.78, 5) is 19.3. The maximum atomic E-state index is 13.1. The highest BCUT2D eigenvalue weighted by molar-refractivity contribution is 6.06. The third kappa shape index (κ3) is 5.39. The Kier molecular flexibility index (Phi) is 7.00. The van der Waals surface area contributed by atoms with Gasteiger partial charge in [0.1, 0.15) is 18.1 Å². The van der Waals surface area contributed by atoms with Gasteiger partial charge in [-0.15, -0.1) is 0 Å². The minimum absolute atomic E-state index is 0.200. The van der Waals surface area contributed by atoms with E-state index < -0.39 is 0 Å². The molecular weight excluding hydrogens is 468 g/mol. The number of pyridine rings is 1. The Balaban J connectivity index is 1.40. The first-order valence-electron chi connectivity index (χ1n) is 12.1. The summed E-state index contributed by atoms with van der Waals surface area (Å²) in [5.74, 6) is 1.18. The molecule has 0 unspecified atom stereocenters. The molecule has 2 heterocycles. The molecule has 0 bridgehead atoms. The molecule has 2 N–H and O–H groups in total. The summed E-state index contributed by atoms with van der Waals surface area (Å²) in [6, 6.07) is 18.7. The van der Waals surface area contributed by atoms with Crippen LogP contribution >= 0.6 is 0 Å².